The van der Waals surface area contributed by atoms with Gasteiger partial charge in [-0.05, 0) is 20.8 Å². The fraction of sp³-hybridized carbons (Fsp3) is 0.455. The molecule has 0 saturated heterocycles. The van der Waals surface area contributed by atoms with E-state index in [9.17, 15) is 13.2 Å². The first-order chi connectivity index (χ1) is 8.69. The quantitative estimate of drug-likeness (QED) is 0.735. The van der Waals surface area contributed by atoms with Gasteiger partial charge in [0.05, 0.1) is 17.4 Å². The van der Waals surface area contributed by atoms with E-state index in [0.717, 1.165) is 4.68 Å². The van der Waals surface area contributed by atoms with Crippen molar-refractivity contribution in [1.29, 1.82) is 0 Å². The summed E-state index contributed by atoms with van der Waals surface area (Å²) in [5, 5.41) is 12.6. The second kappa shape index (κ2) is 5.42. The van der Waals surface area contributed by atoms with Crippen molar-refractivity contribution in [3.63, 3.8) is 0 Å². The van der Waals surface area contributed by atoms with Crippen LogP contribution in [0.25, 0.3) is 0 Å². The Hall–Kier alpha value is -1.85. The third-order valence-electron chi connectivity index (χ3n) is 2.45. The number of carboxylic acids is 1. The van der Waals surface area contributed by atoms with Crippen LogP contribution in [0.4, 0.5) is 0 Å². The Morgan fingerprint density at radius 3 is 2.63 bits per heavy atom. The maximum Gasteiger partial charge on any atom is 0.325 e. The molecule has 0 saturated carbocycles. The van der Waals surface area contributed by atoms with Crippen LogP contribution >= 0.6 is 0 Å². The highest BCUT2D eigenvalue weighted by molar-refractivity contribution is 7.89. The normalized spacial score (nSPS) is 12.9. The van der Waals surface area contributed by atoms with Crippen LogP contribution in [0.15, 0.2) is 4.90 Å². The highest BCUT2D eigenvalue weighted by atomic mass is 32.2. The summed E-state index contributed by atoms with van der Waals surface area (Å²) in [5.74, 6) is 1.16. The standard InChI is InChI=1S/C11H15N3O4S/c1-5-7(2)13-19(17,18)11-8(3)12-14(9(11)4)6-10(15)16/h1,7,13H,6H2,2-4H3,(H,15,16). The second-order valence-electron chi connectivity index (χ2n) is 4.06. The average molecular weight is 285 g/mol. The average Bonchev–Trinajstić information content (AvgIpc) is 2.52. The highest BCUT2D eigenvalue weighted by Crippen LogP contribution is 2.19. The van der Waals surface area contributed by atoms with Crippen molar-refractivity contribution in [2.75, 3.05) is 0 Å². The summed E-state index contributed by atoms with van der Waals surface area (Å²) in [4.78, 5) is 10.6. The minimum Gasteiger partial charge on any atom is -0.480 e. The Bertz CT molecular complexity index is 640. The number of hydrogen-bond donors (Lipinski definition) is 2. The summed E-state index contributed by atoms with van der Waals surface area (Å²) in [5.41, 5.74) is 0.493. The van der Waals surface area contributed by atoms with Gasteiger partial charge >= 0.3 is 5.97 Å². The van der Waals surface area contributed by atoms with Gasteiger partial charge in [0.15, 0.2) is 0 Å². The Balaban J connectivity index is 3.25. The summed E-state index contributed by atoms with van der Waals surface area (Å²) < 4.78 is 27.7. The second-order valence-corrected chi connectivity index (χ2v) is 5.71. The van der Waals surface area contributed by atoms with Crippen molar-refractivity contribution in [3.8, 4) is 12.3 Å². The molecule has 2 N–H and O–H groups in total. The largest absolute Gasteiger partial charge is 0.480 e. The van der Waals surface area contributed by atoms with E-state index in [4.69, 9.17) is 11.5 Å². The van der Waals surface area contributed by atoms with Gasteiger partial charge in [-0.2, -0.15) is 9.82 Å². The summed E-state index contributed by atoms with van der Waals surface area (Å²) in [7, 11) is -3.82. The molecule has 1 aromatic heterocycles. The highest BCUT2D eigenvalue weighted by Gasteiger charge is 2.26. The number of aliphatic carboxylic acids is 1. The van der Waals surface area contributed by atoms with Crippen LogP contribution in [0.1, 0.15) is 18.3 Å². The van der Waals surface area contributed by atoms with E-state index in [0.29, 0.717) is 0 Å². The summed E-state index contributed by atoms with van der Waals surface area (Å²) >= 11 is 0. The third kappa shape index (κ3) is 3.33. The van der Waals surface area contributed by atoms with E-state index in [1.54, 1.807) is 0 Å². The van der Waals surface area contributed by atoms with E-state index in [1.165, 1.54) is 20.8 Å². The van der Waals surface area contributed by atoms with E-state index in [1.807, 2.05) is 0 Å². The molecular formula is C11H15N3O4S. The molecule has 0 radical (unpaired) electrons. The molecule has 0 amide bonds. The molecule has 1 heterocycles. The Morgan fingerprint density at radius 1 is 1.58 bits per heavy atom. The smallest absolute Gasteiger partial charge is 0.325 e. The first-order valence-electron chi connectivity index (χ1n) is 5.43. The Morgan fingerprint density at radius 2 is 2.16 bits per heavy atom. The number of rotatable bonds is 5. The molecule has 1 rings (SSSR count). The Kier molecular flexibility index (Phi) is 4.34. The van der Waals surface area contributed by atoms with Crippen molar-refractivity contribution in [2.24, 2.45) is 0 Å². The zero-order valence-electron chi connectivity index (χ0n) is 10.8. The number of nitrogens with one attached hydrogen (secondary N) is 1. The van der Waals surface area contributed by atoms with Gasteiger partial charge in [0.25, 0.3) is 0 Å². The topological polar surface area (TPSA) is 101 Å². The maximum absolute atomic E-state index is 12.1. The first kappa shape index (κ1) is 15.2. The van der Waals surface area contributed by atoms with Crippen LogP contribution in [-0.4, -0.2) is 35.3 Å². The number of sulfonamides is 1. The van der Waals surface area contributed by atoms with Crippen LogP contribution in [0.5, 0.6) is 0 Å². The molecule has 19 heavy (non-hydrogen) atoms. The number of aromatic nitrogens is 2. The lowest BCUT2D eigenvalue weighted by molar-refractivity contribution is -0.137. The van der Waals surface area contributed by atoms with E-state index in [2.05, 4.69) is 15.7 Å². The lowest BCUT2D eigenvalue weighted by Crippen LogP contribution is -2.32. The minimum atomic E-state index is -3.82. The van der Waals surface area contributed by atoms with Gasteiger partial charge in [0.1, 0.15) is 11.4 Å². The van der Waals surface area contributed by atoms with Crippen LogP contribution in [0, 0.1) is 26.2 Å². The van der Waals surface area contributed by atoms with E-state index >= 15 is 0 Å². The van der Waals surface area contributed by atoms with Crippen molar-refractivity contribution in [2.45, 2.75) is 38.3 Å². The predicted octanol–water partition coefficient (Wildman–Crippen LogP) is -0.115. The lowest BCUT2D eigenvalue weighted by Gasteiger charge is -2.09. The molecule has 1 unspecified atom stereocenters. The molecule has 1 atom stereocenters. The van der Waals surface area contributed by atoms with Crippen LogP contribution in [0.3, 0.4) is 0 Å². The van der Waals surface area contributed by atoms with Crippen molar-refractivity contribution < 1.29 is 18.3 Å². The SMILES string of the molecule is C#CC(C)NS(=O)(=O)c1c(C)nn(CC(=O)O)c1C. The molecule has 0 fully saturated rings. The van der Waals surface area contributed by atoms with E-state index < -0.39 is 28.6 Å². The lowest BCUT2D eigenvalue weighted by atomic mass is 10.4. The molecule has 0 aromatic carbocycles. The Labute approximate surface area is 111 Å². The van der Waals surface area contributed by atoms with Gasteiger partial charge in [-0.15, -0.1) is 6.42 Å². The van der Waals surface area contributed by atoms with Crippen LogP contribution in [-0.2, 0) is 21.4 Å². The zero-order valence-corrected chi connectivity index (χ0v) is 11.7. The number of carboxylic acid groups (broad SMARTS) is 1. The molecule has 0 aliphatic rings. The molecule has 7 nitrogen and oxygen atoms in total. The zero-order chi connectivity index (χ0) is 14.8. The van der Waals surface area contributed by atoms with Crippen LogP contribution < -0.4 is 4.72 Å². The number of aryl methyl sites for hydroxylation is 1. The number of terminal acetylenes is 1. The number of carbonyl (C=O) groups is 1. The van der Waals surface area contributed by atoms with Gasteiger partial charge in [-0.1, -0.05) is 5.92 Å². The third-order valence-corrected chi connectivity index (χ3v) is 4.24. The van der Waals surface area contributed by atoms with Crippen molar-refractivity contribution in [3.05, 3.63) is 11.4 Å². The van der Waals surface area contributed by atoms with Gasteiger partial charge < -0.3 is 5.11 Å². The van der Waals surface area contributed by atoms with Crippen LogP contribution in [0.2, 0.25) is 0 Å². The predicted molar refractivity (Wildman–Crippen MR) is 68.0 cm³/mol. The molecule has 0 aliphatic carbocycles. The van der Waals surface area contributed by atoms with Crippen molar-refractivity contribution in [1.82, 2.24) is 14.5 Å². The van der Waals surface area contributed by atoms with Crippen molar-refractivity contribution >= 4 is 16.0 Å². The molecule has 0 aliphatic heterocycles. The van der Waals surface area contributed by atoms with Gasteiger partial charge in [-0.25, -0.2) is 8.42 Å². The molecule has 0 spiro atoms. The molecule has 8 heteroatoms. The monoisotopic (exact) mass is 285 g/mol. The number of nitrogens with zero attached hydrogens (tertiary/aromatic N) is 2. The van der Waals surface area contributed by atoms with Gasteiger partial charge in [0.2, 0.25) is 10.0 Å². The van der Waals surface area contributed by atoms with E-state index in [-0.39, 0.29) is 16.3 Å². The summed E-state index contributed by atoms with van der Waals surface area (Å²) in [6.45, 7) is 4.13. The molecule has 1 aromatic rings. The first-order valence-corrected chi connectivity index (χ1v) is 6.91. The molecular weight excluding hydrogens is 270 g/mol. The summed E-state index contributed by atoms with van der Waals surface area (Å²) in [6, 6.07) is -0.661. The fourth-order valence-corrected chi connectivity index (χ4v) is 3.25. The molecule has 104 valence electrons. The fourth-order valence-electron chi connectivity index (χ4n) is 1.68. The molecule has 0 bridgehead atoms. The maximum atomic E-state index is 12.1. The minimum absolute atomic E-state index is 0.0316. The summed E-state index contributed by atoms with van der Waals surface area (Å²) in [6.07, 6.45) is 5.13. The van der Waals surface area contributed by atoms with Gasteiger partial charge in [0, 0.05) is 0 Å². The van der Waals surface area contributed by atoms with Gasteiger partial charge in [-0.3, -0.25) is 9.48 Å². The number of hydrogen-bond acceptors (Lipinski definition) is 4.